The molecule has 0 aliphatic heterocycles. The maximum Gasteiger partial charge on any atom is 0.0796 e. The normalized spacial score (nSPS) is 16.6. The van der Waals surface area contributed by atoms with Crippen molar-refractivity contribution in [3.8, 4) is 0 Å². The van der Waals surface area contributed by atoms with Crippen LogP contribution in [0.4, 0.5) is 0 Å². The molecule has 0 spiro atoms. The number of aliphatic hydroxyl groups excluding tert-OH is 1. The second-order valence-electron chi connectivity index (χ2n) is 4.58. The second-order valence-corrected chi connectivity index (χ2v) is 4.58. The van der Waals surface area contributed by atoms with E-state index in [4.69, 9.17) is 4.74 Å². The highest BCUT2D eigenvalue weighted by molar-refractivity contribution is 4.60. The minimum absolute atomic E-state index is 0.258. The third-order valence-electron chi connectivity index (χ3n) is 2.12. The molecule has 0 saturated carbocycles. The summed E-state index contributed by atoms with van der Waals surface area (Å²) >= 11 is 0. The van der Waals surface area contributed by atoms with Gasteiger partial charge in [0.25, 0.3) is 0 Å². The van der Waals surface area contributed by atoms with E-state index in [0.29, 0.717) is 12.5 Å². The molecule has 1 N–H and O–H groups in total. The van der Waals surface area contributed by atoms with Gasteiger partial charge in [-0.05, 0) is 25.2 Å². The molecule has 0 rings (SSSR count). The number of ether oxygens (including phenoxy) is 1. The van der Waals surface area contributed by atoms with E-state index in [9.17, 15) is 5.11 Å². The highest BCUT2D eigenvalue weighted by Gasteiger charge is 2.12. The van der Waals surface area contributed by atoms with Crippen molar-refractivity contribution >= 4 is 0 Å². The van der Waals surface area contributed by atoms with E-state index in [1.807, 2.05) is 13.8 Å². The Morgan fingerprint density at radius 2 is 1.62 bits per heavy atom. The summed E-state index contributed by atoms with van der Waals surface area (Å²) in [7, 11) is 0. The van der Waals surface area contributed by atoms with Crippen LogP contribution < -0.4 is 0 Å². The number of hydrogen-bond donors (Lipinski definition) is 1. The van der Waals surface area contributed by atoms with E-state index in [1.165, 1.54) is 0 Å². The first-order chi connectivity index (χ1) is 5.93. The van der Waals surface area contributed by atoms with E-state index in [0.717, 1.165) is 6.42 Å². The SMILES string of the molecule is CC(C)CC(C)OCC(O)C(C)C. The number of rotatable bonds is 6. The van der Waals surface area contributed by atoms with Gasteiger partial charge in [-0.2, -0.15) is 0 Å². The van der Waals surface area contributed by atoms with Crippen LogP contribution in [0.1, 0.15) is 41.0 Å². The van der Waals surface area contributed by atoms with Gasteiger partial charge >= 0.3 is 0 Å². The lowest BCUT2D eigenvalue weighted by atomic mass is 10.1. The first-order valence-electron chi connectivity index (χ1n) is 5.23. The van der Waals surface area contributed by atoms with Crippen molar-refractivity contribution in [3.05, 3.63) is 0 Å². The topological polar surface area (TPSA) is 29.5 Å². The Bertz CT molecular complexity index is 121. The molecule has 0 saturated heterocycles. The predicted octanol–water partition coefficient (Wildman–Crippen LogP) is 2.45. The van der Waals surface area contributed by atoms with Crippen molar-refractivity contribution < 1.29 is 9.84 Å². The van der Waals surface area contributed by atoms with Gasteiger partial charge in [-0.3, -0.25) is 0 Å². The molecular weight excluding hydrogens is 164 g/mol. The largest absolute Gasteiger partial charge is 0.390 e. The van der Waals surface area contributed by atoms with Crippen molar-refractivity contribution in [1.29, 1.82) is 0 Å². The fourth-order valence-corrected chi connectivity index (χ4v) is 1.19. The summed E-state index contributed by atoms with van der Waals surface area (Å²) in [5.74, 6) is 0.942. The summed E-state index contributed by atoms with van der Waals surface area (Å²) in [6.07, 6.45) is 0.994. The summed E-state index contributed by atoms with van der Waals surface area (Å²) < 4.78 is 5.53. The molecule has 0 amide bonds. The standard InChI is InChI=1S/C11H24O2/c1-8(2)6-10(5)13-7-11(12)9(3)4/h8-12H,6-7H2,1-5H3. The molecule has 0 aliphatic carbocycles. The van der Waals surface area contributed by atoms with Gasteiger partial charge in [0.05, 0.1) is 18.8 Å². The van der Waals surface area contributed by atoms with E-state index in [2.05, 4.69) is 20.8 Å². The van der Waals surface area contributed by atoms with Crippen molar-refractivity contribution in [2.75, 3.05) is 6.61 Å². The van der Waals surface area contributed by atoms with E-state index in [-0.39, 0.29) is 18.1 Å². The average molecular weight is 188 g/mol. The van der Waals surface area contributed by atoms with Crippen LogP contribution in [0.2, 0.25) is 0 Å². The zero-order chi connectivity index (χ0) is 10.4. The quantitative estimate of drug-likeness (QED) is 0.694. The van der Waals surface area contributed by atoms with Crippen LogP contribution in [0.25, 0.3) is 0 Å². The number of hydrogen-bond acceptors (Lipinski definition) is 2. The third-order valence-corrected chi connectivity index (χ3v) is 2.12. The van der Waals surface area contributed by atoms with Crippen LogP contribution in [-0.2, 0) is 4.74 Å². The molecule has 0 radical (unpaired) electrons. The molecule has 80 valence electrons. The molecule has 0 bridgehead atoms. The molecule has 2 atom stereocenters. The van der Waals surface area contributed by atoms with Gasteiger partial charge in [0.1, 0.15) is 0 Å². The minimum atomic E-state index is -0.324. The average Bonchev–Trinajstić information content (AvgIpc) is 1.98. The van der Waals surface area contributed by atoms with E-state index < -0.39 is 0 Å². The summed E-state index contributed by atoms with van der Waals surface area (Å²) in [5.41, 5.74) is 0. The Labute approximate surface area is 82.3 Å². The first kappa shape index (κ1) is 12.9. The molecule has 0 aromatic carbocycles. The molecule has 13 heavy (non-hydrogen) atoms. The monoisotopic (exact) mass is 188 g/mol. The van der Waals surface area contributed by atoms with E-state index in [1.54, 1.807) is 0 Å². The van der Waals surface area contributed by atoms with Crippen LogP contribution in [0.5, 0.6) is 0 Å². The van der Waals surface area contributed by atoms with Crippen molar-refractivity contribution in [1.82, 2.24) is 0 Å². The van der Waals surface area contributed by atoms with Crippen LogP contribution in [-0.4, -0.2) is 23.9 Å². The van der Waals surface area contributed by atoms with Crippen molar-refractivity contribution in [2.24, 2.45) is 11.8 Å². The molecule has 2 heteroatoms. The van der Waals surface area contributed by atoms with Crippen LogP contribution >= 0.6 is 0 Å². The molecule has 2 nitrogen and oxygen atoms in total. The smallest absolute Gasteiger partial charge is 0.0796 e. The van der Waals surface area contributed by atoms with Crippen molar-refractivity contribution in [2.45, 2.75) is 53.2 Å². The highest BCUT2D eigenvalue weighted by atomic mass is 16.5. The Hall–Kier alpha value is -0.0800. The first-order valence-corrected chi connectivity index (χ1v) is 5.23. The summed E-state index contributed by atoms with van der Waals surface area (Å²) in [6.45, 7) is 10.9. The lowest BCUT2D eigenvalue weighted by Crippen LogP contribution is -2.25. The Kier molecular flexibility index (Phi) is 6.35. The Balaban J connectivity index is 3.51. The minimum Gasteiger partial charge on any atom is -0.390 e. The fourth-order valence-electron chi connectivity index (χ4n) is 1.19. The zero-order valence-corrected chi connectivity index (χ0v) is 9.58. The van der Waals surface area contributed by atoms with E-state index >= 15 is 0 Å². The molecule has 0 aliphatic rings. The molecular formula is C11H24O2. The third kappa shape index (κ3) is 7.03. The van der Waals surface area contributed by atoms with Crippen molar-refractivity contribution in [3.63, 3.8) is 0 Å². The second kappa shape index (κ2) is 6.39. The summed E-state index contributed by atoms with van der Waals surface area (Å²) in [5, 5.41) is 9.48. The van der Waals surface area contributed by atoms with Crippen LogP contribution in [0, 0.1) is 11.8 Å². The van der Waals surface area contributed by atoms with Gasteiger partial charge in [-0.15, -0.1) is 0 Å². The van der Waals surface area contributed by atoms with Crippen LogP contribution in [0.15, 0.2) is 0 Å². The van der Waals surface area contributed by atoms with Gasteiger partial charge in [-0.25, -0.2) is 0 Å². The fraction of sp³-hybridized carbons (Fsp3) is 1.00. The molecule has 2 unspecified atom stereocenters. The van der Waals surface area contributed by atoms with Gasteiger partial charge in [-0.1, -0.05) is 27.7 Å². The zero-order valence-electron chi connectivity index (χ0n) is 9.58. The molecule has 0 heterocycles. The Morgan fingerprint density at radius 3 is 2.00 bits per heavy atom. The van der Waals surface area contributed by atoms with Gasteiger partial charge in [0.15, 0.2) is 0 Å². The van der Waals surface area contributed by atoms with Crippen LogP contribution in [0.3, 0.4) is 0 Å². The molecule has 0 aromatic rings. The maximum absolute atomic E-state index is 9.48. The highest BCUT2D eigenvalue weighted by Crippen LogP contribution is 2.09. The Morgan fingerprint density at radius 1 is 1.08 bits per heavy atom. The number of aliphatic hydroxyl groups is 1. The molecule has 0 fully saturated rings. The van der Waals surface area contributed by atoms with Gasteiger partial charge in [0.2, 0.25) is 0 Å². The lowest BCUT2D eigenvalue weighted by molar-refractivity contribution is -0.0251. The summed E-state index contributed by atoms with van der Waals surface area (Å²) in [4.78, 5) is 0. The summed E-state index contributed by atoms with van der Waals surface area (Å²) in [6, 6.07) is 0. The predicted molar refractivity (Wildman–Crippen MR) is 55.7 cm³/mol. The van der Waals surface area contributed by atoms with Gasteiger partial charge in [0, 0.05) is 0 Å². The molecule has 0 aromatic heterocycles. The maximum atomic E-state index is 9.48. The van der Waals surface area contributed by atoms with Gasteiger partial charge < -0.3 is 9.84 Å². The lowest BCUT2D eigenvalue weighted by Gasteiger charge is -2.19.